The van der Waals surface area contributed by atoms with Crippen LogP contribution >= 0.6 is 0 Å². The highest BCUT2D eigenvalue weighted by molar-refractivity contribution is 7.84. The van der Waals surface area contributed by atoms with Gasteiger partial charge in [-0.3, -0.25) is 0 Å². The van der Waals surface area contributed by atoms with Crippen LogP contribution in [-0.2, 0) is 16.6 Å². The molecule has 0 radical (unpaired) electrons. The van der Waals surface area contributed by atoms with Crippen LogP contribution in [0.4, 0.5) is 0 Å². The van der Waals surface area contributed by atoms with Gasteiger partial charge in [-0.25, -0.2) is 8.93 Å². The summed E-state index contributed by atoms with van der Waals surface area (Å²) in [5.74, 6) is 0.584. The summed E-state index contributed by atoms with van der Waals surface area (Å²) in [7, 11) is -1.16. The van der Waals surface area contributed by atoms with Crippen molar-refractivity contribution in [2.45, 2.75) is 57.9 Å². The average molecular weight is 351 g/mol. The maximum Gasteiger partial charge on any atom is 0.258 e. The first-order chi connectivity index (χ1) is 11.0. The molecule has 2 rings (SSSR count). The van der Waals surface area contributed by atoms with Gasteiger partial charge in [0.15, 0.2) is 0 Å². The molecule has 0 bridgehead atoms. The molecule has 24 heavy (non-hydrogen) atoms. The highest BCUT2D eigenvalue weighted by atomic mass is 32.2. The lowest BCUT2D eigenvalue weighted by molar-refractivity contribution is 0.0420. The molecule has 7 heteroatoms. The quantitative estimate of drug-likeness (QED) is 0.864. The van der Waals surface area contributed by atoms with E-state index in [9.17, 15) is 9.32 Å². The number of hydrogen-bond donors (Lipinski definition) is 2. The molecule has 0 saturated carbocycles. The molecule has 0 aliphatic heterocycles. The van der Waals surface area contributed by atoms with E-state index in [1.165, 1.54) is 0 Å². The first-order valence-corrected chi connectivity index (χ1v) is 8.98. The normalized spacial score (nSPS) is 15.3. The molecule has 0 aliphatic rings. The smallest absolute Gasteiger partial charge is 0.258 e. The Morgan fingerprint density at radius 1 is 1.25 bits per heavy atom. The van der Waals surface area contributed by atoms with Crippen molar-refractivity contribution < 1.29 is 13.8 Å². The van der Waals surface area contributed by atoms with Gasteiger partial charge < -0.3 is 9.63 Å². The molecule has 2 N–H and O–H groups in total. The van der Waals surface area contributed by atoms with E-state index >= 15 is 0 Å². The Bertz CT molecular complexity index is 729. The third kappa shape index (κ3) is 4.49. The third-order valence-electron chi connectivity index (χ3n) is 3.43. The zero-order valence-electron chi connectivity index (χ0n) is 15.0. The molecule has 1 aromatic carbocycles. The van der Waals surface area contributed by atoms with Crippen LogP contribution in [0.2, 0.25) is 0 Å². The highest BCUT2D eigenvalue weighted by Crippen LogP contribution is 2.25. The summed E-state index contributed by atoms with van der Waals surface area (Å²) in [6, 6.07) is 7.55. The molecule has 1 unspecified atom stereocenters. The van der Waals surface area contributed by atoms with E-state index in [-0.39, 0.29) is 16.7 Å². The van der Waals surface area contributed by atoms with Crippen LogP contribution in [0.3, 0.4) is 0 Å². The number of aromatic nitrogens is 2. The van der Waals surface area contributed by atoms with Crippen molar-refractivity contribution in [3.63, 3.8) is 0 Å². The van der Waals surface area contributed by atoms with Crippen LogP contribution in [0, 0.1) is 0 Å². The average Bonchev–Trinajstić information content (AvgIpc) is 2.96. The predicted molar refractivity (Wildman–Crippen MR) is 94.4 cm³/mol. The van der Waals surface area contributed by atoms with Crippen LogP contribution in [0.25, 0.3) is 11.4 Å². The molecular formula is C17H25N3O3S. The van der Waals surface area contributed by atoms with Crippen molar-refractivity contribution in [1.29, 1.82) is 0 Å². The third-order valence-corrected chi connectivity index (χ3v) is 5.11. The Morgan fingerprint density at radius 2 is 1.92 bits per heavy atom. The fourth-order valence-corrected chi connectivity index (χ4v) is 2.75. The first-order valence-electron chi connectivity index (χ1n) is 7.83. The van der Waals surface area contributed by atoms with Crippen LogP contribution in [0.1, 0.15) is 59.0 Å². The molecule has 2 atom stereocenters. The molecule has 0 amide bonds. The second-order valence-corrected chi connectivity index (χ2v) is 9.33. The molecule has 6 nitrogen and oxygen atoms in total. The van der Waals surface area contributed by atoms with Crippen molar-refractivity contribution in [3.8, 4) is 11.4 Å². The zero-order valence-corrected chi connectivity index (χ0v) is 15.8. The molecule has 0 aliphatic carbocycles. The van der Waals surface area contributed by atoms with Gasteiger partial charge >= 0.3 is 0 Å². The summed E-state index contributed by atoms with van der Waals surface area (Å²) in [5.41, 5.74) is 0.572. The van der Waals surface area contributed by atoms with Crippen molar-refractivity contribution >= 4 is 11.0 Å². The van der Waals surface area contributed by atoms with Gasteiger partial charge in [0.25, 0.3) is 5.89 Å². The highest BCUT2D eigenvalue weighted by Gasteiger charge is 2.25. The fourth-order valence-electron chi connectivity index (χ4n) is 1.94. The van der Waals surface area contributed by atoms with Gasteiger partial charge in [-0.1, -0.05) is 23.4 Å². The van der Waals surface area contributed by atoms with E-state index in [0.29, 0.717) is 5.82 Å². The number of benzene rings is 1. The Morgan fingerprint density at radius 3 is 2.46 bits per heavy atom. The summed E-state index contributed by atoms with van der Waals surface area (Å²) >= 11 is 0. The van der Waals surface area contributed by atoms with Crippen molar-refractivity contribution in [2.75, 3.05) is 0 Å². The lowest BCUT2D eigenvalue weighted by Crippen LogP contribution is -2.34. The molecule has 0 fully saturated rings. The Balaban J connectivity index is 2.23. The van der Waals surface area contributed by atoms with E-state index in [0.717, 1.165) is 11.1 Å². The minimum absolute atomic E-state index is 0.0920. The summed E-state index contributed by atoms with van der Waals surface area (Å²) < 4.78 is 20.1. The van der Waals surface area contributed by atoms with Gasteiger partial charge in [0.1, 0.15) is 5.60 Å². The molecule has 132 valence electrons. The fraction of sp³-hybridized carbons (Fsp3) is 0.529. The summed E-state index contributed by atoms with van der Waals surface area (Å²) in [6.45, 7) is 10.9. The van der Waals surface area contributed by atoms with Crippen molar-refractivity contribution in [2.24, 2.45) is 0 Å². The van der Waals surface area contributed by atoms with Crippen LogP contribution < -0.4 is 4.72 Å². The monoisotopic (exact) mass is 351 g/mol. The molecule has 0 spiro atoms. The van der Waals surface area contributed by atoms with Gasteiger partial charge in [-0.2, -0.15) is 4.98 Å². The second kappa shape index (κ2) is 6.74. The molecule has 0 saturated heterocycles. The molecular weight excluding hydrogens is 326 g/mol. The van der Waals surface area contributed by atoms with E-state index in [2.05, 4.69) is 14.9 Å². The van der Waals surface area contributed by atoms with Gasteiger partial charge in [-0.15, -0.1) is 0 Å². The lowest BCUT2D eigenvalue weighted by Gasteiger charge is -2.22. The lowest BCUT2D eigenvalue weighted by atomic mass is 10.1. The number of nitrogens with one attached hydrogen (secondary N) is 1. The standard InChI is InChI=1S/C17H25N3O3S/c1-11(20-24(22)16(2,3)4)12-8-7-9-13(10-12)14-18-15(23-19-14)17(5,6)21/h7-11,20-21H,1-6H3/t11?,24-/m0/s1. The zero-order chi connectivity index (χ0) is 18.1. The predicted octanol–water partition coefficient (Wildman–Crippen LogP) is 3.08. The van der Waals surface area contributed by atoms with Crippen LogP contribution in [0.5, 0.6) is 0 Å². The van der Waals surface area contributed by atoms with Crippen LogP contribution in [-0.4, -0.2) is 24.2 Å². The van der Waals surface area contributed by atoms with Gasteiger partial charge in [0.05, 0.1) is 15.7 Å². The number of hydrogen-bond acceptors (Lipinski definition) is 5. The maximum absolute atomic E-state index is 12.2. The number of nitrogens with zero attached hydrogens (tertiary/aromatic N) is 2. The minimum atomic E-state index is -1.18. The van der Waals surface area contributed by atoms with E-state index in [1.54, 1.807) is 13.8 Å². The summed E-state index contributed by atoms with van der Waals surface area (Å²) in [6.07, 6.45) is 0. The van der Waals surface area contributed by atoms with Crippen molar-refractivity contribution in [1.82, 2.24) is 14.9 Å². The van der Waals surface area contributed by atoms with E-state index < -0.39 is 16.6 Å². The largest absolute Gasteiger partial charge is 0.381 e. The van der Waals surface area contributed by atoms with E-state index in [1.807, 2.05) is 52.0 Å². The van der Waals surface area contributed by atoms with Gasteiger partial charge in [0.2, 0.25) is 5.82 Å². The minimum Gasteiger partial charge on any atom is -0.381 e. The SMILES string of the molecule is CC(N[S@@](=O)C(C)(C)C)c1cccc(-c2noc(C(C)(C)O)n2)c1. The Hall–Kier alpha value is -1.57. The van der Waals surface area contributed by atoms with Gasteiger partial charge in [-0.05, 0) is 53.2 Å². The topological polar surface area (TPSA) is 88.2 Å². The molecule has 1 heterocycles. The molecule has 2 aromatic rings. The number of rotatable bonds is 5. The molecule has 1 aromatic heterocycles. The van der Waals surface area contributed by atoms with Gasteiger partial charge in [0, 0.05) is 11.6 Å². The summed E-state index contributed by atoms with van der Waals surface area (Å²) in [4.78, 5) is 4.24. The first kappa shape index (κ1) is 18.8. The maximum atomic E-state index is 12.2. The Kier molecular flexibility index (Phi) is 5.27. The second-order valence-electron chi connectivity index (χ2n) is 7.33. The van der Waals surface area contributed by atoms with Crippen molar-refractivity contribution in [3.05, 3.63) is 35.7 Å². The Labute approximate surface area is 145 Å². The summed E-state index contributed by atoms with van der Waals surface area (Å²) in [5, 5.41) is 13.9. The number of aliphatic hydroxyl groups is 1. The van der Waals surface area contributed by atoms with E-state index in [4.69, 9.17) is 4.52 Å². The van der Waals surface area contributed by atoms with Crippen LogP contribution in [0.15, 0.2) is 28.8 Å².